The number of aryl methyl sites for hydroxylation is 1. The average molecular weight is 419 g/mol. The highest BCUT2D eigenvalue weighted by molar-refractivity contribution is 7.89. The van der Waals surface area contributed by atoms with E-state index in [9.17, 15) is 8.42 Å². The summed E-state index contributed by atoms with van der Waals surface area (Å²) >= 11 is 1.52. The SMILES string of the molecule is Cc1csc(-c2cc(S(=O)(=O)N3CCN(c4ncccn4)CC3)c(C)n2C)n1. The number of sulfonamides is 1. The zero-order chi connectivity index (χ0) is 19.9. The Balaban J connectivity index is 1.58. The van der Waals surface area contributed by atoms with E-state index in [1.807, 2.05) is 35.7 Å². The van der Waals surface area contributed by atoms with Crippen LogP contribution in [-0.4, -0.2) is 58.4 Å². The van der Waals surface area contributed by atoms with Gasteiger partial charge in [-0.2, -0.15) is 4.31 Å². The van der Waals surface area contributed by atoms with Crippen molar-refractivity contribution in [1.82, 2.24) is 23.8 Å². The van der Waals surface area contributed by atoms with Gasteiger partial charge in [-0.05, 0) is 26.0 Å². The van der Waals surface area contributed by atoms with Crippen LogP contribution in [0.25, 0.3) is 10.7 Å². The number of aromatic nitrogens is 4. The standard InChI is InChI=1S/C18H22N6O2S2/c1-13-12-27-17(21-13)15-11-16(14(2)22(15)3)28(25,26)24-9-7-23(8-10-24)18-19-5-4-6-20-18/h4-6,11-12H,7-10H2,1-3H3. The summed E-state index contributed by atoms with van der Waals surface area (Å²) in [5.41, 5.74) is 2.48. The Labute approximate surface area is 168 Å². The van der Waals surface area contributed by atoms with Gasteiger partial charge in [0.15, 0.2) is 0 Å². The molecule has 1 aliphatic heterocycles. The minimum Gasteiger partial charge on any atom is -0.345 e. The predicted octanol–water partition coefficient (Wildman–Crippen LogP) is 2.07. The minimum atomic E-state index is -3.58. The molecule has 4 heterocycles. The molecule has 1 saturated heterocycles. The van der Waals surface area contributed by atoms with E-state index in [2.05, 4.69) is 15.0 Å². The van der Waals surface area contributed by atoms with Crippen molar-refractivity contribution in [1.29, 1.82) is 0 Å². The number of anilines is 1. The normalized spacial score (nSPS) is 15.9. The molecular weight excluding hydrogens is 396 g/mol. The molecule has 0 radical (unpaired) electrons. The van der Waals surface area contributed by atoms with Crippen LogP contribution < -0.4 is 4.90 Å². The zero-order valence-electron chi connectivity index (χ0n) is 16.0. The quantitative estimate of drug-likeness (QED) is 0.645. The van der Waals surface area contributed by atoms with Gasteiger partial charge in [-0.25, -0.2) is 23.4 Å². The van der Waals surface area contributed by atoms with Gasteiger partial charge >= 0.3 is 0 Å². The van der Waals surface area contributed by atoms with Gasteiger partial charge in [-0.3, -0.25) is 0 Å². The summed E-state index contributed by atoms with van der Waals surface area (Å²) in [6, 6.07) is 3.51. The first kappa shape index (κ1) is 19.0. The first-order chi connectivity index (χ1) is 13.4. The molecule has 1 fully saturated rings. The lowest BCUT2D eigenvalue weighted by Gasteiger charge is -2.33. The number of hydrogen-bond acceptors (Lipinski definition) is 7. The van der Waals surface area contributed by atoms with Crippen molar-refractivity contribution in [3.8, 4) is 10.7 Å². The maximum atomic E-state index is 13.3. The fourth-order valence-corrected chi connectivity index (χ4v) is 5.87. The summed E-state index contributed by atoms with van der Waals surface area (Å²) < 4.78 is 30.0. The number of thiazole rings is 1. The lowest BCUT2D eigenvalue weighted by Crippen LogP contribution is -2.49. The van der Waals surface area contributed by atoms with Crippen molar-refractivity contribution >= 4 is 27.3 Å². The van der Waals surface area contributed by atoms with Crippen molar-refractivity contribution in [2.75, 3.05) is 31.1 Å². The van der Waals surface area contributed by atoms with Crippen LogP contribution in [0, 0.1) is 13.8 Å². The van der Waals surface area contributed by atoms with Crippen molar-refractivity contribution in [2.24, 2.45) is 7.05 Å². The molecular formula is C18H22N6O2S2. The molecule has 0 atom stereocenters. The highest BCUT2D eigenvalue weighted by atomic mass is 32.2. The fraction of sp³-hybridized carbons (Fsp3) is 0.389. The maximum absolute atomic E-state index is 13.3. The van der Waals surface area contributed by atoms with Gasteiger partial charge in [0.25, 0.3) is 0 Å². The zero-order valence-corrected chi connectivity index (χ0v) is 17.7. The maximum Gasteiger partial charge on any atom is 0.244 e. The second-order valence-corrected chi connectivity index (χ2v) is 9.54. The third-order valence-corrected chi connectivity index (χ3v) is 8.02. The molecule has 4 rings (SSSR count). The van der Waals surface area contributed by atoms with Crippen LogP contribution in [0.15, 0.2) is 34.8 Å². The number of hydrogen-bond donors (Lipinski definition) is 0. The van der Waals surface area contributed by atoms with Crippen LogP contribution >= 0.6 is 11.3 Å². The van der Waals surface area contributed by atoms with Crippen LogP contribution in [0.3, 0.4) is 0 Å². The average Bonchev–Trinajstić information content (AvgIpc) is 3.26. The first-order valence-electron chi connectivity index (χ1n) is 8.99. The van der Waals surface area contributed by atoms with E-state index in [-0.39, 0.29) is 0 Å². The Morgan fingerprint density at radius 3 is 2.36 bits per heavy atom. The lowest BCUT2D eigenvalue weighted by molar-refractivity contribution is 0.382. The molecule has 10 heteroatoms. The highest BCUT2D eigenvalue weighted by Gasteiger charge is 2.32. The van der Waals surface area contributed by atoms with Gasteiger partial charge in [-0.15, -0.1) is 11.3 Å². The predicted molar refractivity (Wildman–Crippen MR) is 109 cm³/mol. The Kier molecular flexibility index (Phi) is 4.94. The molecule has 0 unspecified atom stereocenters. The van der Waals surface area contributed by atoms with Gasteiger partial charge in [0, 0.05) is 62.4 Å². The van der Waals surface area contributed by atoms with Gasteiger partial charge in [0.2, 0.25) is 16.0 Å². The molecule has 8 nitrogen and oxygen atoms in total. The summed E-state index contributed by atoms with van der Waals surface area (Å²) in [5.74, 6) is 0.636. The molecule has 148 valence electrons. The van der Waals surface area contributed by atoms with E-state index in [1.54, 1.807) is 28.8 Å². The van der Waals surface area contributed by atoms with Crippen molar-refractivity contribution in [3.63, 3.8) is 0 Å². The monoisotopic (exact) mass is 418 g/mol. The second kappa shape index (κ2) is 7.26. The largest absolute Gasteiger partial charge is 0.345 e. The van der Waals surface area contributed by atoms with Gasteiger partial charge in [0.05, 0.1) is 5.69 Å². The lowest BCUT2D eigenvalue weighted by atomic mass is 10.4. The van der Waals surface area contributed by atoms with Crippen LogP contribution in [0.1, 0.15) is 11.4 Å². The summed E-state index contributed by atoms with van der Waals surface area (Å²) in [4.78, 5) is 15.4. The molecule has 0 spiro atoms. The third-order valence-electron chi connectivity index (χ3n) is 5.02. The molecule has 0 N–H and O–H groups in total. The molecule has 28 heavy (non-hydrogen) atoms. The molecule has 0 amide bonds. The van der Waals surface area contributed by atoms with Gasteiger partial charge in [-0.1, -0.05) is 0 Å². The summed E-state index contributed by atoms with van der Waals surface area (Å²) in [6.45, 7) is 5.71. The second-order valence-electron chi connectivity index (χ2n) is 6.77. The third kappa shape index (κ3) is 3.31. The first-order valence-corrected chi connectivity index (χ1v) is 11.3. The van der Waals surface area contributed by atoms with E-state index < -0.39 is 10.0 Å². The van der Waals surface area contributed by atoms with E-state index in [4.69, 9.17) is 0 Å². The van der Waals surface area contributed by atoms with Crippen LogP contribution in [0.2, 0.25) is 0 Å². The van der Waals surface area contributed by atoms with E-state index >= 15 is 0 Å². The molecule has 3 aromatic rings. The highest BCUT2D eigenvalue weighted by Crippen LogP contribution is 2.31. The smallest absolute Gasteiger partial charge is 0.244 e. The van der Waals surface area contributed by atoms with E-state index in [1.165, 1.54) is 11.3 Å². The molecule has 0 aromatic carbocycles. The molecule has 3 aromatic heterocycles. The molecule has 0 saturated carbocycles. The van der Waals surface area contributed by atoms with Crippen LogP contribution in [0.5, 0.6) is 0 Å². The van der Waals surface area contributed by atoms with E-state index in [0.717, 1.165) is 22.1 Å². The topological polar surface area (TPSA) is 84.2 Å². The molecule has 0 aliphatic carbocycles. The Bertz CT molecular complexity index is 1080. The summed E-state index contributed by atoms with van der Waals surface area (Å²) in [6.07, 6.45) is 3.39. The van der Waals surface area contributed by atoms with Crippen molar-refractivity contribution < 1.29 is 8.42 Å². The Morgan fingerprint density at radius 2 is 1.75 bits per heavy atom. The van der Waals surface area contributed by atoms with Crippen molar-refractivity contribution in [2.45, 2.75) is 18.7 Å². The van der Waals surface area contributed by atoms with Crippen LogP contribution in [-0.2, 0) is 17.1 Å². The van der Waals surface area contributed by atoms with Crippen molar-refractivity contribution in [3.05, 3.63) is 41.3 Å². The Morgan fingerprint density at radius 1 is 1.07 bits per heavy atom. The number of piperazine rings is 1. The number of nitrogens with zero attached hydrogens (tertiary/aromatic N) is 6. The minimum absolute atomic E-state index is 0.349. The molecule has 1 aliphatic rings. The number of rotatable bonds is 4. The van der Waals surface area contributed by atoms with Crippen LogP contribution in [0.4, 0.5) is 5.95 Å². The van der Waals surface area contributed by atoms with Gasteiger partial charge < -0.3 is 9.47 Å². The van der Waals surface area contributed by atoms with Gasteiger partial charge in [0.1, 0.15) is 9.90 Å². The molecule has 0 bridgehead atoms. The fourth-order valence-electron chi connectivity index (χ4n) is 3.33. The summed E-state index contributed by atoms with van der Waals surface area (Å²) in [7, 11) is -1.70. The van der Waals surface area contributed by atoms with E-state index in [0.29, 0.717) is 37.0 Å². The Hall–Kier alpha value is -2.30. The summed E-state index contributed by atoms with van der Waals surface area (Å²) in [5, 5.41) is 2.80.